The summed E-state index contributed by atoms with van der Waals surface area (Å²) in [5.74, 6) is -0.614. The number of allylic oxidation sites excluding steroid dienone is 17. The van der Waals surface area contributed by atoms with Crippen molar-refractivity contribution in [3.8, 4) is 0 Å². The molecule has 0 bridgehead atoms. The van der Waals surface area contributed by atoms with Crippen LogP contribution in [0.1, 0.15) is 271 Å². The fourth-order valence-corrected chi connectivity index (χ4v) is 9.64. The van der Waals surface area contributed by atoms with Crippen molar-refractivity contribution in [2.24, 2.45) is 0 Å². The Hall–Kier alpha value is -3.33. The number of carbonyl (C=O) groups excluding carboxylic acids is 2. The maximum absolute atomic E-state index is 13.5. The number of hydrogen-bond donors (Lipinski definition) is 1. The second kappa shape index (κ2) is 58.9. The summed E-state index contributed by atoms with van der Waals surface area (Å²) >= 11 is 0. The number of carbonyl (C=O) groups is 2. The number of likely N-dealkylation sites (N-methyl/N-ethyl adjacent to an activating group) is 1. The van der Waals surface area contributed by atoms with Gasteiger partial charge < -0.3 is 28.5 Å². The number of esters is 1. The minimum absolute atomic E-state index is 0.0379. The molecule has 460 valence electrons. The normalized spacial score (nSPS) is 14.3. The predicted molar refractivity (Wildman–Crippen MR) is 344 cm³/mol. The van der Waals surface area contributed by atoms with E-state index in [4.69, 9.17) is 13.8 Å². The van der Waals surface area contributed by atoms with Crippen LogP contribution >= 0.6 is 7.82 Å². The smallest absolute Gasteiger partial charge is 0.306 e. The molecule has 0 saturated heterocycles. The Bertz CT molecular complexity index is 1740. The number of nitrogens with zero attached hydrogens (tertiary/aromatic N) is 1. The van der Waals surface area contributed by atoms with Crippen LogP contribution in [0.2, 0.25) is 0 Å². The van der Waals surface area contributed by atoms with E-state index < -0.39 is 26.6 Å². The average molecular weight is 1140 g/mol. The molecule has 0 aromatic carbocycles. The van der Waals surface area contributed by atoms with Crippen LogP contribution in [0.4, 0.5) is 0 Å². The molecule has 0 fully saturated rings. The number of phosphoric ester groups is 1. The third kappa shape index (κ3) is 59.3. The zero-order valence-corrected chi connectivity index (χ0v) is 53.4. The molecule has 0 aromatic heterocycles. The molecule has 0 heterocycles. The van der Waals surface area contributed by atoms with Gasteiger partial charge in [-0.1, -0.05) is 259 Å². The van der Waals surface area contributed by atoms with Gasteiger partial charge in [-0.3, -0.25) is 14.2 Å². The van der Waals surface area contributed by atoms with E-state index in [-0.39, 0.29) is 31.3 Å². The monoisotopic (exact) mass is 1130 g/mol. The average Bonchev–Trinajstić information content (AvgIpc) is 3.42. The summed E-state index contributed by atoms with van der Waals surface area (Å²) < 4.78 is 30.3. The summed E-state index contributed by atoms with van der Waals surface area (Å²) in [6.45, 7) is 6.65. The van der Waals surface area contributed by atoms with E-state index in [1.54, 1.807) is 0 Å². The van der Waals surface area contributed by atoms with Crippen molar-refractivity contribution in [3.05, 3.63) is 109 Å². The molecule has 0 aliphatic carbocycles. The second-order valence-corrected chi connectivity index (χ2v) is 24.3. The summed E-state index contributed by atoms with van der Waals surface area (Å²) in [4.78, 5) is 40.0. The van der Waals surface area contributed by atoms with Gasteiger partial charge in [0.1, 0.15) is 19.3 Å². The lowest BCUT2D eigenvalue weighted by molar-refractivity contribution is -0.870. The van der Waals surface area contributed by atoms with E-state index in [0.29, 0.717) is 17.4 Å². The SMILES string of the molecule is CC/C=C\C/C=C\C/C=C\C/C=C\C/C=C\CCCC(=O)NC(COP(=O)([O-])OCC[N+](C)(C)C)C(/C=C\CCCCCCCCCCCC)OC(=O)CCCCCCCCCCCCCC/C=C\C/C=C\C/C=C\CCCCC. The molecule has 0 radical (unpaired) electrons. The summed E-state index contributed by atoms with van der Waals surface area (Å²) in [5.41, 5.74) is 0. The predicted octanol–water partition coefficient (Wildman–Crippen LogP) is 19.9. The summed E-state index contributed by atoms with van der Waals surface area (Å²) in [6.07, 6.45) is 80.7. The first-order chi connectivity index (χ1) is 38.9. The molecule has 0 aliphatic heterocycles. The van der Waals surface area contributed by atoms with Crippen molar-refractivity contribution in [2.45, 2.75) is 283 Å². The van der Waals surface area contributed by atoms with E-state index >= 15 is 0 Å². The van der Waals surface area contributed by atoms with Crippen LogP contribution in [0.25, 0.3) is 0 Å². The van der Waals surface area contributed by atoms with E-state index in [1.807, 2.05) is 33.3 Å². The summed E-state index contributed by atoms with van der Waals surface area (Å²) in [6, 6.07) is -0.925. The first-order valence-electron chi connectivity index (χ1n) is 32.7. The molecule has 80 heavy (non-hydrogen) atoms. The van der Waals surface area contributed by atoms with Gasteiger partial charge in [0.15, 0.2) is 0 Å². The minimum atomic E-state index is -4.72. The molecule has 3 unspecified atom stereocenters. The van der Waals surface area contributed by atoms with Gasteiger partial charge in [-0.2, -0.15) is 0 Å². The molecule has 3 atom stereocenters. The number of hydrogen-bond acceptors (Lipinski definition) is 7. The van der Waals surface area contributed by atoms with Crippen LogP contribution in [-0.2, 0) is 27.9 Å². The zero-order valence-electron chi connectivity index (χ0n) is 52.5. The standard InChI is InChI=1S/C70H123N2O7P/c1-7-10-13-16-19-22-25-28-30-32-33-34-35-36-37-38-39-41-43-45-48-51-54-57-60-63-70(74)79-68(61-58-55-52-49-46-27-24-21-18-15-12-9-3)67(66-78-80(75,76)77-65-64-72(4,5)6)71-69(73)62-59-56-53-50-47-44-42-40-31-29-26-23-20-17-14-11-8-2/h11,14,19-20,22-23,28-31,33-34,42,44,50,53,58,61,67-68H,7-10,12-13,15-18,21,24-27,32,35-41,43,45-49,51-52,54-57,59-60,62-66H2,1-6H3,(H-,71,73,75,76)/b14-11-,22-19-,23-20-,30-28-,31-29-,34-33-,44-42-,53-50-,61-58-. The number of amides is 1. The van der Waals surface area contributed by atoms with E-state index in [1.165, 1.54) is 135 Å². The summed E-state index contributed by atoms with van der Waals surface area (Å²) in [5, 5.41) is 2.99. The molecule has 0 saturated carbocycles. The van der Waals surface area contributed by atoms with Crippen LogP contribution in [0.3, 0.4) is 0 Å². The first-order valence-corrected chi connectivity index (χ1v) is 34.2. The first kappa shape index (κ1) is 76.7. The van der Waals surface area contributed by atoms with Gasteiger partial charge in [0.05, 0.1) is 33.8 Å². The molecule has 0 spiro atoms. The van der Waals surface area contributed by atoms with Gasteiger partial charge in [-0.15, -0.1) is 0 Å². The maximum atomic E-state index is 13.5. The number of unbranched alkanes of at least 4 members (excludes halogenated alkanes) is 26. The van der Waals surface area contributed by atoms with Gasteiger partial charge in [0, 0.05) is 12.8 Å². The van der Waals surface area contributed by atoms with E-state index in [2.05, 4.69) is 123 Å². The Morgan fingerprint density at radius 1 is 0.450 bits per heavy atom. The van der Waals surface area contributed by atoms with Crippen molar-refractivity contribution in [1.29, 1.82) is 0 Å². The Balaban J connectivity index is 5.21. The third-order valence-corrected chi connectivity index (χ3v) is 14.9. The third-order valence-electron chi connectivity index (χ3n) is 13.9. The Kier molecular flexibility index (Phi) is 56.4. The number of phosphoric acid groups is 1. The van der Waals surface area contributed by atoms with Gasteiger partial charge in [-0.25, -0.2) is 0 Å². The van der Waals surface area contributed by atoms with Crippen LogP contribution in [0, 0.1) is 0 Å². The van der Waals surface area contributed by atoms with Gasteiger partial charge >= 0.3 is 5.97 Å². The van der Waals surface area contributed by atoms with Gasteiger partial charge in [0.25, 0.3) is 7.82 Å². The molecule has 1 amide bonds. The van der Waals surface area contributed by atoms with Crippen molar-refractivity contribution in [3.63, 3.8) is 0 Å². The van der Waals surface area contributed by atoms with Crippen molar-refractivity contribution in [1.82, 2.24) is 5.32 Å². The maximum Gasteiger partial charge on any atom is 0.306 e. The Morgan fingerprint density at radius 2 is 0.812 bits per heavy atom. The molecular weight excluding hydrogens is 1010 g/mol. The molecule has 0 rings (SSSR count). The molecule has 1 N–H and O–H groups in total. The fraction of sp³-hybridized carbons (Fsp3) is 0.714. The zero-order chi connectivity index (χ0) is 58.6. The molecule has 0 aromatic rings. The molecular formula is C70H123N2O7P. The summed E-state index contributed by atoms with van der Waals surface area (Å²) in [7, 11) is 1.14. The highest BCUT2D eigenvalue weighted by atomic mass is 31.2. The topological polar surface area (TPSA) is 114 Å². The van der Waals surface area contributed by atoms with Crippen LogP contribution in [0.5, 0.6) is 0 Å². The number of rotatable bonds is 58. The van der Waals surface area contributed by atoms with E-state index in [9.17, 15) is 19.0 Å². The van der Waals surface area contributed by atoms with Gasteiger partial charge in [-0.05, 0) is 109 Å². The second-order valence-electron chi connectivity index (χ2n) is 22.9. The number of nitrogens with one attached hydrogen (secondary N) is 1. The van der Waals surface area contributed by atoms with Crippen LogP contribution in [-0.4, -0.2) is 69.4 Å². The van der Waals surface area contributed by atoms with Crippen molar-refractivity contribution >= 4 is 19.7 Å². The molecule has 0 aliphatic rings. The fourth-order valence-electron chi connectivity index (χ4n) is 8.92. The van der Waals surface area contributed by atoms with Gasteiger partial charge in [0.2, 0.25) is 5.91 Å². The van der Waals surface area contributed by atoms with E-state index in [0.717, 1.165) is 96.3 Å². The highest BCUT2D eigenvalue weighted by Crippen LogP contribution is 2.38. The highest BCUT2D eigenvalue weighted by Gasteiger charge is 2.27. The number of ether oxygens (including phenoxy) is 1. The lowest BCUT2D eigenvalue weighted by Gasteiger charge is -2.30. The lowest BCUT2D eigenvalue weighted by Crippen LogP contribution is -2.47. The number of quaternary nitrogens is 1. The van der Waals surface area contributed by atoms with Crippen LogP contribution < -0.4 is 10.2 Å². The van der Waals surface area contributed by atoms with Crippen LogP contribution in [0.15, 0.2) is 109 Å². The highest BCUT2D eigenvalue weighted by molar-refractivity contribution is 7.45. The molecule has 9 nitrogen and oxygen atoms in total. The van der Waals surface area contributed by atoms with Crippen molar-refractivity contribution < 1.29 is 37.3 Å². The molecule has 10 heteroatoms. The Labute approximate surface area is 493 Å². The largest absolute Gasteiger partial charge is 0.756 e. The quantitative estimate of drug-likeness (QED) is 0.0212. The van der Waals surface area contributed by atoms with Crippen molar-refractivity contribution in [2.75, 3.05) is 40.9 Å². The Morgan fingerprint density at radius 3 is 1.25 bits per heavy atom. The minimum Gasteiger partial charge on any atom is -0.756 e. The lowest BCUT2D eigenvalue weighted by atomic mass is 10.0.